The molecule has 0 spiro atoms. The second kappa shape index (κ2) is 7.78. The van der Waals surface area contributed by atoms with Crippen molar-refractivity contribution in [3.05, 3.63) is 0 Å². The molecule has 0 rings (SSSR count). The van der Waals surface area contributed by atoms with Crippen molar-refractivity contribution in [2.45, 2.75) is 39.5 Å². The number of rotatable bonds is 6. The third-order valence-corrected chi connectivity index (χ3v) is 2.26. The van der Waals surface area contributed by atoms with Gasteiger partial charge in [0, 0.05) is 0 Å². The van der Waals surface area contributed by atoms with Crippen molar-refractivity contribution in [2.24, 2.45) is 0 Å². The van der Waals surface area contributed by atoms with E-state index in [1.807, 2.05) is 0 Å². The van der Waals surface area contributed by atoms with Crippen LogP contribution in [0, 0.1) is 0 Å². The first-order chi connectivity index (χ1) is 4.81. The van der Waals surface area contributed by atoms with Crippen LogP contribution in [0.3, 0.4) is 0 Å². The molecule has 0 heterocycles. The maximum absolute atomic E-state index is 2.42. The quantitative estimate of drug-likeness (QED) is 0.561. The van der Waals surface area contributed by atoms with Gasteiger partial charge in [-0.25, -0.2) is 0 Å². The van der Waals surface area contributed by atoms with Crippen LogP contribution in [0.25, 0.3) is 0 Å². The molecule has 0 radical (unpaired) electrons. The molecule has 0 saturated carbocycles. The Hall–Kier alpha value is 0.674. The van der Waals surface area contributed by atoms with Crippen LogP contribution in [-0.2, 0) is 20.7 Å². The fourth-order valence-electron chi connectivity index (χ4n) is 0.810. The standard InChI is InChI=1S/C8H18N.Ti/c1-3-5-7-9-8-6-4-2;/h3-8H2,1-2H3;/q-1;+1. The van der Waals surface area contributed by atoms with Crippen LogP contribution in [0.5, 0.6) is 0 Å². The van der Waals surface area contributed by atoms with E-state index in [2.05, 4.69) is 37.9 Å². The molecule has 0 amide bonds. The number of hydrogen-bond donors (Lipinski definition) is 0. The fourth-order valence-corrected chi connectivity index (χ4v) is 1.30. The summed E-state index contributed by atoms with van der Waals surface area (Å²) in [5, 5.41) is 0. The zero-order chi connectivity index (χ0) is 7.82. The van der Waals surface area contributed by atoms with Crippen molar-refractivity contribution in [3.8, 4) is 0 Å². The van der Waals surface area contributed by atoms with Gasteiger partial charge in [0.2, 0.25) is 0 Å². The Bertz CT molecular complexity index is 58.3. The van der Waals surface area contributed by atoms with Gasteiger partial charge in [-0.05, 0) is 0 Å². The zero-order valence-electron chi connectivity index (χ0n) is 7.19. The van der Waals surface area contributed by atoms with Crippen molar-refractivity contribution < 1.29 is 20.7 Å². The van der Waals surface area contributed by atoms with Gasteiger partial charge in [0.25, 0.3) is 0 Å². The molecule has 0 aliphatic rings. The van der Waals surface area contributed by atoms with Crippen LogP contribution < -0.4 is 0 Å². The summed E-state index contributed by atoms with van der Waals surface area (Å²) in [6, 6.07) is 0. The second-order valence-corrected chi connectivity index (χ2v) is 3.68. The van der Waals surface area contributed by atoms with Gasteiger partial charge in [-0.2, -0.15) is 0 Å². The molecule has 59 valence electrons. The van der Waals surface area contributed by atoms with Gasteiger partial charge in [0.15, 0.2) is 0 Å². The van der Waals surface area contributed by atoms with E-state index in [9.17, 15) is 0 Å². The summed E-state index contributed by atoms with van der Waals surface area (Å²) >= 11 is 2.21. The zero-order valence-corrected chi connectivity index (χ0v) is 8.75. The van der Waals surface area contributed by atoms with Crippen LogP contribution in [0.2, 0.25) is 0 Å². The van der Waals surface area contributed by atoms with Crippen molar-refractivity contribution >= 4 is 0 Å². The van der Waals surface area contributed by atoms with Crippen LogP contribution in [0.1, 0.15) is 39.5 Å². The summed E-state index contributed by atoms with van der Waals surface area (Å²) < 4.78 is 2.42. The Morgan fingerprint density at radius 3 is 1.70 bits per heavy atom. The molecule has 0 aromatic heterocycles. The van der Waals surface area contributed by atoms with Crippen molar-refractivity contribution in [3.63, 3.8) is 0 Å². The van der Waals surface area contributed by atoms with E-state index >= 15 is 0 Å². The molecule has 2 heteroatoms. The van der Waals surface area contributed by atoms with Gasteiger partial charge >= 0.3 is 76.7 Å². The molecule has 0 aliphatic heterocycles. The van der Waals surface area contributed by atoms with Crippen molar-refractivity contribution in [1.29, 1.82) is 0 Å². The minimum absolute atomic E-state index is 1.27. The molecular formula is C8H18NTi. The average molecular weight is 176 g/mol. The third kappa shape index (κ3) is 6.79. The monoisotopic (exact) mass is 176 g/mol. The summed E-state index contributed by atoms with van der Waals surface area (Å²) in [4.78, 5) is 0. The van der Waals surface area contributed by atoms with E-state index in [0.717, 1.165) is 0 Å². The average Bonchev–Trinajstić information content (AvgIpc) is 1.97. The van der Waals surface area contributed by atoms with E-state index in [1.165, 1.54) is 38.8 Å². The van der Waals surface area contributed by atoms with E-state index in [-0.39, 0.29) is 0 Å². The third-order valence-electron chi connectivity index (χ3n) is 1.56. The predicted octanol–water partition coefficient (Wildman–Crippen LogP) is 2.35. The number of nitrogens with zero attached hydrogens (tertiary/aromatic N) is 1. The van der Waals surface area contributed by atoms with Crippen molar-refractivity contribution in [1.82, 2.24) is 3.38 Å². The fraction of sp³-hybridized carbons (Fsp3) is 1.00. The number of unbranched alkanes of at least 4 members (excludes halogenated alkanes) is 2. The first kappa shape index (κ1) is 10.7. The van der Waals surface area contributed by atoms with Gasteiger partial charge in [0.05, 0.1) is 0 Å². The topological polar surface area (TPSA) is 3.24 Å². The first-order valence-electron chi connectivity index (χ1n) is 4.27. The molecule has 0 N–H and O–H groups in total. The van der Waals surface area contributed by atoms with E-state index in [4.69, 9.17) is 0 Å². The van der Waals surface area contributed by atoms with Gasteiger partial charge in [-0.15, -0.1) is 0 Å². The van der Waals surface area contributed by atoms with Gasteiger partial charge < -0.3 is 0 Å². The summed E-state index contributed by atoms with van der Waals surface area (Å²) in [5.41, 5.74) is 0. The van der Waals surface area contributed by atoms with E-state index < -0.39 is 0 Å². The molecule has 0 aliphatic carbocycles. The molecule has 0 aromatic rings. The van der Waals surface area contributed by atoms with E-state index in [1.54, 1.807) is 0 Å². The molecule has 10 heavy (non-hydrogen) atoms. The molecule has 0 saturated heterocycles. The van der Waals surface area contributed by atoms with Gasteiger partial charge in [0.1, 0.15) is 0 Å². The Balaban J connectivity index is 3.00. The summed E-state index contributed by atoms with van der Waals surface area (Å²) in [6.45, 7) is 7.04. The van der Waals surface area contributed by atoms with Crippen LogP contribution in [-0.4, -0.2) is 16.5 Å². The Morgan fingerprint density at radius 1 is 1.00 bits per heavy atom. The van der Waals surface area contributed by atoms with Crippen LogP contribution >= 0.6 is 0 Å². The summed E-state index contributed by atoms with van der Waals surface area (Å²) in [6.07, 6.45) is 5.33. The number of hydrogen-bond acceptors (Lipinski definition) is 1. The molecule has 0 unspecified atom stereocenters. The Kier molecular flexibility index (Phi) is 8.30. The van der Waals surface area contributed by atoms with Crippen molar-refractivity contribution in [2.75, 3.05) is 13.1 Å². The minimum atomic E-state index is 1.27. The van der Waals surface area contributed by atoms with Crippen LogP contribution in [0.15, 0.2) is 0 Å². The Labute approximate surface area is 76.9 Å². The second-order valence-electron chi connectivity index (χ2n) is 2.69. The SMILES string of the molecule is CCCC[N]([Ti])CCCC. The van der Waals surface area contributed by atoms with E-state index in [0.29, 0.717) is 0 Å². The summed E-state index contributed by atoms with van der Waals surface area (Å²) in [5.74, 6) is 0. The first-order valence-corrected chi connectivity index (χ1v) is 4.97. The molecule has 0 atom stereocenters. The molecule has 1 nitrogen and oxygen atoms in total. The summed E-state index contributed by atoms with van der Waals surface area (Å²) in [7, 11) is 0. The van der Waals surface area contributed by atoms with Gasteiger partial charge in [-0.1, -0.05) is 0 Å². The van der Waals surface area contributed by atoms with Gasteiger partial charge in [-0.3, -0.25) is 0 Å². The molecule has 0 aromatic carbocycles. The maximum atomic E-state index is 2.42. The Morgan fingerprint density at radius 2 is 1.40 bits per heavy atom. The molecule has 0 fully saturated rings. The normalized spacial score (nSPS) is 10.6. The van der Waals surface area contributed by atoms with Crippen LogP contribution in [0.4, 0.5) is 0 Å². The predicted molar refractivity (Wildman–Crippen MR) is 41.4 cm³/mol. The molecule has 0 bridgehead atoms. The molecular weight excluding hydrogens is 158 g/mol.